The molecule has 0 fully saturated rings. The van der Waals surface area contributed by atoms with Crippen molar-refractivity contribution in [2.45, 2.75) is 6.10 Å². The van der Waals surface area contributed by atoms with E-state index in [4.69, 9.17) is 11.6 Å². The van der Waals surface area contributed by atoms with E-state index in [1.165, 1.54) is 22.7 Å². The number of rotatable bonds is 5. The Balaban J connectivity index is 1.89. The number of halogens is 1. The monoisotopic (exact) mass is 317 g/mol. The molecule has 0 saturated heterocycles. The third-order valence-corrected chi connectivity index (χ3v) is 4.52. The van der Waals surface area contributed by atoms with Crippen molar-refractivity contribution in [3.8, 4) is 0 Å². The molecule has 0 aliphatic heterocycles. The number of aromatic nitrogens is 1. The molecule has 0 saturated carbocycles. The van der Waals surface area contributed by atoms with Crippen molar-refractivity contribution < 1.29 is 9.90 Å². The molecule has 0 bridgehead atoms. The van der Waals surface area contributed by atoms with Crippen molar-refractivity contribution in [2.75, 3.05) is 18.9 Å². The van der Waals surface area contributed by atoms with Crippen LogP contribution in [0.2, 0.25) is 4.34 Å². The predicted molar refractivity (Wildman–Crippen MR) is 78.3 cm³/mol. The lowest BCUT2D eigenvalue weighted by Gasteiger charge is -2.09. The summed E-state index contributed by atoms with van der Waals surface area (Å²) in [5.74, 6) is -0.306. The number of hydrogen-bond donors (Lipinski definition) is 3. The second kappa shape index (κ2) is 6.33. The summed E-state index contributed by atoms with van der Waals surface area (Å²) in [5, 5.41) is 17.7. The fraction of sp³-hybridized carbons (Fsp3) is 0.273. The number of carbonyl (C=O) groups is 1. The number of thiophene rings is 1. The van der Waals surface area contributed by atoms with Crippen LogP contribution in [-0.4, -0.2) is 29.6 Å². The van der Waals surface area contributed by atoms with E-state index in [0.29, 0.717) is 15.2 Å². The number of anilines is 1. The molecule has 102 valence electrons. The van der Waals surface area contributed by atoms with E-state index in [1.807, 2.05) is 0 Å². The first-order valence-corrected chi connectivity index (χ1v) is 7.52. The standard InChI is InChI=1S/C11H12ClN3O2S2/c1-13-11-15-6(5-18-11)10(17)14-4-7(16)8-2-3-9(12)19-8/h2-3,5,7,16H,4H2,1H3,(H,13,15)(H,14,17). The fourth-order valence-electron chi connectivity index (χ4n) is 1.38. The molecule has 0 radical (unpaired) electrons. The van der Waals surface area contributed by atoms with Gasteiger partial charge >= 0.3 is 0 Å². The van der Waals surface area contributed by atoms with Crippen LogP contribution < -0.4 is 10.6 Å². The summed E-state index contributed by atoms with van der Waals surface area (Å²) in [5.41, 5.74) is 0.339. The highest BCUT2D eigenvalue weighted by molar-refractivity contribution is 7.16. The van der Waals surface area contributed by atoms with Gasteiger partial charge in [0.2, 0.25) is 0 Å². The molecule has 0 aliphatic carbocycles. The molecule has 0 aliphatic rings. The summed E-state index contributed by atoms with van der Waals surface area (Å²) in [6.07, 6.45) is -0.760. The van der Waals surface area contributed by atoms with Crippen molar-refractivity contribution in [3.63, 3.8) is 0 Å². The van der Waals surface area contributed by atoms with Crippen LogP contribution in [0.3, 0.4) is 0 Å². The van der Waals surface area contributed by atoms with Crippen LogP contribution in [0.4, 0.5) is 5.13 Å². The van der Waals surface area contributed by atoms with E-state index < -0.39 is 6.10 Å². The smallest absolute Gasteiger partial charge is 0.270 e. The Bertz CT molecular complexity index is 570. The Kier molecular flexibility index (Phi) is 4.76. The van der Waals surface area contributed by atoms with Crippen LogP contribution in [0, 0.1) is 0 Å². The van der Waals surface area contributed by atoms with Crippen LogP contribution in [0.25, 0.3) is 0 Å². The Morgan fingerprint density at radius 3 is 2.95 bits per heavy atom. The molecule has 2 heterocycles. The SMILES string of the molecule is CNc1nc(C(=O)NCC(O)c2ccc(Cl)s2)cs1. The average Bonchev–Trinajstić information content (AvgIpc) is 3.04. The van der Waals surface area contributed by atoms with Gasteiger partial charge < -0.3 is 15.7 Å². The first kappa shape index (κ1) is 14.3. The van der Waals surface area contributed by atoms with E-state index in [1.54, 1.807) is 24.6 Å². The highest BCUT2D eigenvalue weighted by atomic mass is 35.5. The van der Waals surface area contributed by atoms with Gasteiger partial charge in [-0.3, -0.25) is 4.79 Å². The van der Waals surface area contributed by atoms with E-state index >= 15 is 0 Å². The lowest BCUT2D eigenvalue weighted by molar-refractivity contribution is 0.0914. The summed E-state index contributed by atoms with van der Waals surface area (Å²) in [6.45, 7) is 0.127. The second-order valence-corrected chi connectivity index (χ2v) is 6.26. The van der Waals surface area contributed by atoms with E-state index in [9.17, 15) is 9.90 Å². The van der Waals surface area contributed by atoms with Gasteiger partial charge in [-0.2, -0.15) is 0 Å². The maximum atomic E-state index is 11.8. The first-order chi connectivity index (χ1) is 9.10. The minimum atomic E-state index is -0.760. The molecule has 8 heteroatoms. The fourth-order valence-corrected chi connectivity index (χ4v) is 3.08. The zero-order valence-electron chi connectivity index (χ0n) is 10.0. The van der Waals surface area contributed by atoms with Gasteiger partial charge in [-0.1, -0.05) is 11.6 Å². The molecule has 2 aromatic heterocycles. The van der Waals surface area contributed by atoms with E-state index in [2.05, 4.69) is 15.6 Å². The molecule has 2 rings (SSSR count). The van der Waals surface area contributed by atoms with Crippen LogP contribution in [0.1, 0.15) is 21.5 Å². The number of nitrogens with one attached hydrogen (secondary N) is 2. The van der Waals surface area contributed by atoms with Gasteiger partial charge in [0, 0.05) is 23.8 Å². The second-order valence-electron chi connectivity index (χ2n) is 3.66. The van der Waals surface area contributed by atoms with Gasteiger partial charge in [-0.15, -0.1) is 22.7 Å². The summed E-state index contributed by atoms with van der Waals surface area (Å²) >= 11 is 8.43. The maximum Gasteiger partial charge on any atom is 0.270 e. The van der Waals surface area contributed by atoms with Crippen molar-refractivity contribution in [1.82, 2.24) is 10.3 Å². The average molecular weight is 318 g/mol. The first-order valence-electron chi connectivity index (χ1n) is 5.45. The van der Waals surface area contributed by atoms with Gasteiger partial charge in [0.05, 0.1) is 4.34 Å². The van der Waals surface area contributed by atoms with Crippen molar-refractivity contribution >= 4 is 45.3 Å². The van der Waals surface area contributed by atoms with Gasteiger partial charge in [-0.25, -0.2) is 4.98 Å². The Morgan fingerprint density at radius 2 is 2.37 bits per heavy atom. The molecular weight excluding hydrogens is 306 g/mol. The zero-order chi connectivity index (χ0) is 13.8. The quantitative estimate of drug-likeness (QED) is 0.791. The third kappa shape index (κ3) is 3.66. The van der Waals surface area contributed by atoms with Crippen LogP contribution in [-0.2, 0) is 0 Å². The number of thiazole rings is 1. The molecular formula is C11H12ClN3O2S2. The third-order valence-electron chi connectivity index (χ3n) is 2.33. The van der Waals surface area contributed by atoms with E-state index in [0.717, 1.165) is 4.88 Å². The molecule has 1 atom stereocenters. The van der Waals surface area contributed by atoms with Crippen LogP contribution >= 0.6 is 34.3 Å². The topological polar surface area (TPSA) is 74.2 Å². The molecule has 19 heavy (non-hydrogen) atoms. The van der Waals surface area contributed by atoms with Gasteiger partial charge in [0.15, 0.2) is 5.13 Å². The van der Waals surface area contributed by atoms with Crippen molar-refractivity contribution in [3.05, 3.63) is 32.4 Å². The van der Waals surface area contributed by atoms with Crippen molar-refractivity contribution in [1.29, 1.82) is 0 Å². The molecule has 1 unspecified atom stereocenters. The number of hydrogen-bond acceptors (Lipinski definition) is 6. The molecule has 1 amide bonds. The molecule has 3 N–H and O–H groups in total. The Hall–Kier alpha value is -1.15. The number of amides is 1. The predicted octanol–water partition coefficient (Wildman–Crippen LogP) is 2.36. The summed E-state index contributed by atoms with van der Waals surface area (Å²) in [6, 6.07) is 3.46. The van der Waals surface area contributed by atoms with Gasteiger partial charge in [0.25, 0.3) is 5.91 Å². The normalized spacial score (nSPS) is 12.2. The summed E-state index contributed by atoms with van der Waals surface area (Å²) in [7, 11) is 1.74. The van der Waals surface area contributed by atoms with Gasteiger partial charge in [0.1, 0.15) is 11.8 Å². The molecule has 5 nitrogen and oxygen atoms in total. The summed E-state index contributed by atoms with van der Waals surface area (Å²) in [4.78, 5) is 16.6. The highest BCUT2D eigenvalue weighted by Crippen LogP contribution is 2.26. The van der Waals surface area contributed by atoms with Gasteiger partial charge in [-0.05, 0) is 12.1 Å². The zero-order valence-corrected chi connectivity index (χ0v) is 12.4. The van der Waals surface area contributed by atoms with E-state index in [-0.39, 0.29) is 12.5 Å². The minimum Gasteiger partial charge on any atom is -0.386 e. The number of carbonyl (C=O) groups excluding carboxylic acids is 1. The highest BCUT2D eigenvalue weighted by Gasteiger charge is 2.14. The Labute approximate surface area is 123 Å². The molecule has 0 aromatic carbocycles. The number of nitrogens with zero attached hydrogens (tertiary/aromatic N) is 1. The lowest BCUT2D eigenvalue weighted by atomic mass is 10.3. The molecule has 2 aromatic rings. The largest absolute Gasteiger partial charge is 0.386 e. The Morgan fingerprint density at radius 1 is 1.58 bits per heavy atom. The number of aliphatic hydroxyl groups excluding tert-OH is 1. The lowest BCUT2D eigenvalue weighted by Crippen LogP contribution is -2.28. The number of aliphatic hydroxyl groups is 1. The van der Waals surface area contributed by atoms with Crippen molar-refractivity contribution in [2.24, 2.45) is 0 Å². The summed E-state index contributed by atoms with van der Waals surface area (Å²) < 4.78 is 0.610. The van der Waals surface area contributed by atoms with Crippen LogP contribution in [0.15, 0.2) is 17.5 Å². The maximum absolute atomic E-state index is 11.8. The molecule has 0 spiro atoms. The minimum absolute atomic E-state index is 0.127. The van der Waals surface area contributed by atoms with Crippen LogP contribution in [0.5, 0.6) is 0 Å².